The quantitative estimate of drug-likeness (QED) is 0.644. The van der Waals surface area contributed by atoms with Crippen molar-refractivity contribution < 1.29 is 9.90 Å². The van der Waals surface area contributed by atoms with E-state index in [2.05, 4.69) is 15.6 Å². The van der Waals surface area contributed by atoms with Gasteiger partial charge in [0, 0.05) is 30.2 Å². The molecular formula is C19H22N4O2. The van der Waals surface area contributed by atoms with Crippen LogP contribution in [-0.2, 0) is 6.54 Å². The number of imidazole rings is 1. The van der Waals surface area contributed by atoms with E-state index in [4.69, 9.17) is 5.11 Å². The van der Waals surface area contributed by atoms with E-state index in [-0.39, 0.29) is 19.1 Å². The molecule has 25 heavy (non-hydrogen) atoms. The van der Waals surface area contributed by atoms with Crippen molar-refractivity contribution in [3.63, 3.8) is 0 Å². The number of aliphatic hydroxyl groups is 1. The SMILES string of the molecule is Cc1c(NCc2cn3cccc(C)c3n2)cccc1C(=O)NCCO. The molecule has 0 atom stereocenters. The summed E-state index contributed by atoms with van der Waals surface area (Å²) in [6.45, 7) is 4.69. The molecule has 0 fully saturated rings. The largest absolute Gasteiger partial charge is 0.395 e. The molecule has 0 aliphatic carbocycles. The minimum absolute atomic E-state index is 0.0734. The second kappa shape index (κ2) is 7.36. The third kappa shape index (κ3) is 3.64. The van der Waals surface area contributed by atoms with Gasteiger partial charge in [0.2, 0.25) is 0 Å². The molecule has 1 amide bonds. The van der Waals surface area contributed by atoms with Crippen LogP contribution >= 0.6 is 0 Å². The van der Waals surface area contributed by atoms with Gasteiger partial charge in [-0.2, -0.15) is 0 Å². The van der Waals surface area contributed by atoms with E-state index >= 15 is 0 Å². The lowest BCUT2D eigenvalue weighted by molar-refractivity contribution is 0.0944. The smallest absolute Gasteiger partial charge is 0.251 e. The fourth-order valence-electron chi connectivity index (χ4n) is 2.81. The molecule has 0 aliphatic rings. The van der Waals surface area contributed by atoms with Crippen LogP contribution in [0.4, 0.5) is 5.69 Å². The first kappa shape index (κ1) is 17.0. The number of nitrogens with zero attached hydrogens (tertiary/aromatic N) is 2. The van der Waals surface area contributed by atoms with E-state index < -0.39 is 0 Å². The van der Waals surface area contributed by atoms with Crippen molar-refractivity contribution in [2.24, 2.45) is 0 Å². The van der Waals surface area contributed by atoms with Gasteiger partial charge in [0.25, 0.3) is 5.91 Å². The minimum Gasteiger partial charge on any atom is -0.395 e. The topological polar surface area (TPSA) is 78.7 Å². The van der Waals surface area contributed by atoms with Gasteiger partial charge in [-0.05, 0) is 43.2 Å². The molecular weight excluding hydrogens is 316 g/mol. The summed E-state index contributed by atoms with van der Waals surface area (Å²) in [5.74, 6) is -0.182. The second-order valence-electron chi connectivity index (χ2n) is 5.97. The predicted octanol–water partition coefficient (Wildman–Crippen LogP) is 2.29. The molecule has 2 heterocycles. The number of carbonyl (C=O) groups is 1. The Labute approximate surface area is 146 Å². The molecule has 6 heteroatoms. The van der Waals surface area contributed by atoms with E-state index in [0.29, 0.717) is 12.1 Å². The fourth-order valence-corrected chi connectivity index (χ4v) is 2.81. The minimum atomic E-state index is -0.182. The number of pyridine rings is 1. The van der Waals surface area contributed by atoms with Crippen LogP contribution < -0.4 is 10.6 Å². The standard InChI is InChI=1S/C19H22N4O2/c1-13-5-4-9-23-12-15(22-18(13)23)11-21-17-7-3-6-16(14(17)2)19(25)20-8-10-24/h3-7,9,12,21,24H,8,10-11H2,1-2H3,(H,20,25). The Morgan fingerprint density at radius 1 is 1.24 bits per heavy atom. The highest BCUT2D eigenvalue weighted by molar-refractivity contribution is 5.97. The Kier molecular flexibility index (Phi) is 5.00. The molecule has 1 aromatic carbocycles. The number of aryl methyl sites for hydroxylation is 1. The van der Waals surface area contributed by atoms with Crippen molar-refractivity contribution in [2.45, 2.75) is 20.4 Å². The number of carbonyl (C=O) groups excluding carboxylic acids is 1. The predicted molar refractivity (Wildman–Crippen MR) is 97.9 cm³/mol. The number of benzene rings is 1. The summed E-state index contributed by atoms with van der Waals surface area (Å²) in [6, 6.07) is 9.61. The maximum atomic E-state index is 12.1. The van der Waals surface area contributed by atoms with Gasteiger partial charge in [-0.25, -0.2) is 4.98 Å². The molecule has 3 aromatic rings. The fraction of sp³-hybridized carbons (Fsp3) is 0.263. The summed E-state index contributed by atoms with van der Waals surface area (Å²) in [7, 11) is 0. The zero-order chi connectivity index (χ0) is 17.8. The molecule has 0 saturated heterocycles. The second-order valence-corrected chi connectivity index (χ2v) is 5.97. The normalized spacial score (nSPS) is 10.8. The highest BCUT2D eigenvalue weighted by Gasteiger charge is 2.11. The molecule has 6 nitrogen and oxygen atoms in total. The van der Waals surface area contributed by atoms with Gasteiger partial charge >= 0.3 is 0 Å². The molecule has 0 aliphatic heterocycles. The third-order valence-electron chi connectivity index (χ3n) is 4.16. The maximum Gasteiger partial charge on any atom is 0.251 e. The third-order valence-corrected chi connectivity index (χ3v) is 4.16. The first-order valence-corrected chi connectivity index (χ1v) is 8.26. The average molecular weight is 338 g/mol. The Morgan fingerprint density at radius 3 is 2.84 bits per heavy atom. The average Bonchev–Trinajstić information content (AvgIpc) is 3.03. The molecule has 0 unspecified atom stereocenters. The van der Waals surface area contributed by atoms with Crippen LogP contribution in [0.3, 0.4) is 0 Å². The van der Waals surface area contributed by atoms with Crippen LogP contribution in [-0.4, -0.2) is 33.6 Å². The van der Waals surface area contributed by atoms with Crippen molar-refractivity contribution in [3.05, 3.63) is 65.1 Å². The van der Waals surface area contributed by atoms with Gasteiger partial charge in [0.1, 0.15) is 5.65 Å². The zero-order valence-electron chi connectivity index (χ0n) is 14.4. The number of fused-ring (bicyclic) bond motifs is 1. The first-order chi connectivity index (χ1) is 12.1. The number of nitrogens with one attached hydrogen (secondary N) is 2. The highest BCUT2D eigenvalue weighted by atomic mass is 16.3. The van der Waals surface area contributed by atoms with Crippen molar-refractivity contribution in [1.82, 2.24) is 14.7 Å². The van der Waals surface area contributed by atoms with Crippen molar-refractivity contribution in [2.75, 3.05) is 18.5 Å². The molecule has 3 N–H and O–H groups in total. The highest BCUT2D eigenvalue weighted by Crippen LogP contribution is 2.20. The molecule has 0 radical (unpaired) electrons. The van der Waals surface area contributed by atoms with Crippen molar-refractivity contribution in [1.29, 1.82) is 0 Å². The number of hydrogen-bond donors (Lipinski definition) is 3. The summed E-state index contributed by atoms with van der Waals surface area (Å²) in [5.41, 5.74) is 5.39. The molecule has 0 saturated carbocycles. The van der Waals surface area contributed by atoms with Crippen molar-refractivity contribution in [3.8, 4) is 0 Å². The van der Waals surface area contributed by atoms with Crippen molar-refractivity contribution >= 4 is 17.2 Å². The monoisotopic (exact) mass is 338 g/mol. The van der Waals surface area contributed by atoms with E-state index in [0.717, 1.165) is 28.2 Å². The summed E-state index contributed by atoms with van der Waals surface area (Å²) in [4.78, 5) is 16.8. The molecule has 2 aromatic heterocycles. The molecule has 130 valence electrons. The number of aliphatic hydroxyl groups excluding tert-OH is 1. The maximum absolute atomic E-state index is 12.1. The summed E-state index contributed by atoms with van der Waals surface area (Å²) in [6.07, 6.45) is 3.98. The molecule has 3 rings (SSSR count). The molecule has 0 spiro atoms. The van der Waals surface area contributed by atoms with E-state index in [9.17, 15) is 4.79 Å². The Morgan fingerprint density at radius 2 is 2.08 bits per heavy atom. The lowest BCUT2D eigenvalue weighted by Crippen LogP contribution is -2.27. The van der Waals surface area contributed by atoms with E-state index in [1.165, 1.54) is 0 Å². The van der Waals surface area contributed by atoms with Crippen LogP contribution in [0, 0.1) is 13.8 Å². The summed E-state index contributed by atoms with van der Waals surface area (Å²) >= 11 is 0. The number of anilines is 1. The Bertz CT molecular complexity index is 902. The number of rotatable bonds is 6. The van der Waals surface area contributed by atoms with E-state index in [1.807, 2.05) is 54.9 Å². The van der Waals surface area contributed by atoms with Gasteiger partial charge in [0.05, 0.1) is 18.8 Å². The number of hydrogen-bond acceptors (Lipinski definition) is 4. The summed E-state index contributed by atoms with van der Waals surface area (Å²) in [5, 5.41) is 14.9. The van der Waals surface area contributed by atoms with Crippen LogP contribution in [0.1, 0.15) is 27.2 Å². The number of amides is 1. The van der Waals surface area contributed by atoms with Gasteiger partial charge < -0.3 is 20.1 Å². The van der Waals surface area contributed by atoms with Gasteiger partial charge in [-0.15, -0.1) is 0 Å². The first-order valence-electron chi connectivity index (χ1n) is 8.26. The van der Waals surface area contributed by atoms with Crippen LogP contribution in [0.15, 0.2) is 42.7 Å². The molecule has 0 bridgehead atoms. The zero-order valence-corrected chi connectivity index (χ0v) is 14.4. The lowest BCUT2D eigenvalue weighted by atomic mass is 10.1. The van der Waals surface area contributed by atoms with Gasteiger partial charge in [-0.3, -0.25) is 4.79 Å². The van der Waals surface area contributed by atoms with Crippen LogP contribution in [0.2, 0.25) is 0 Å². The van der Waals surface area contributed by atoms with Gasteiger partial charge in [0.15, 0.2) is 0 Å². The van der Waals surface area contributed by atoms with Gasteiger partial charge in [-0.1, -0.05) is 12.1 Å². The lowest BCUT2D eigenvalue weighted by Gasteiger charge is -2.12. The Balaban J connectivity index is 1.76. The number of aromatic nitrogens is 2. The summed E-state index contributed by atoms with van der Waals surface area (Å²) < 4.78 is 2.01. The Hall–Kier alpha value is -2.86. The van der Waals surface area contributed by atoms with Crippen LogP contribution in [0.25, 0.3) is 5.65 Å². The van der Waals surface area contributed by atoms with Crippen LogP contribution in [0.5, 0.6) is 0 Å². The van der Waals surface area contributed by atoms with E-state index in [1.54, 1.807) is 6.07 Å².